The van der Waals surface area contributed by atoms with Gasteiger partial charge in [0, 0.05) is 18.9 Å². The Hall–Kier alpha value is -2.10. The van der Waals surface area contributed by atoms with Crippen LogP contribution < -0.4 is 0 Å². The number of hydrogen-bond acceptors (Lipinski definition) is 4. The van der Waals surface area contributed by atoms with E-state index in [1.54, 1.807) is 20.8 Å². The van der Waals surface area contributed by atoms with Gasteiger partial charge in [0.25, 0.3) is 0 Å². The van der Waals surface area contributed by atoms with Crippen molar-refractivity contribution < 1.29 is 19.1 Å². The van der Waals surface area contributed by atoms with Crippen LogP contribution in [0.2, 0.25) is 0 Å². The van der Waals surface area contributed by atoms with Crippen molar-refractivity contribution in [2.75, 3.05) is 0 Å². The Labute approximate surface area is 125 Å². The first kappa shape index (κ1) is 17.0. The first-order valence-electron chi connectivity index (χ1n) is 6.82. The summed E-state index contributed by atoms with van der Waals surface area (Å²) < 4.78 is 10.5. The van der Waals surface area contributed by atoms with Crippen LogP contribution in [0.5, 0.6) is 0 Å². The van der Waals surface area contributed by atoms with Crippen LogP contribution in [-0.2, 0) is 19.1 Å². The lowest BCUT2D eigenvalue weighted by Gasteiger charge is -2.22. The molecule has 0 saturated heterocycles. The third kappa shape index (κ3) is 6.25. The number of ether oxygens (including phenoxy) is 2. The summed E-state index contributed by atoms with van der Waals surface area (Å²) >= 11 is 0. The summed E-state index contributed by atoms with van der Waals surface area (Å²) in [6, 6.07) is 9.26. The van der Waals surface area contributed by atoms with E-state index in [0.717, 1.165) is 5.56 Å². The maximum Gasteiger partial charge on any atom is 0.334 e. The van der Waals surface area contributed by atoms with E-state index in [2.05, 4.69) is 6.58 Å². The molecule has 0 N–H and O–H groups in total. The Morgan fingerprint density at radius 2 is 1.76 bits per heavy atom. The van der Waals surface area contributed by atoms with Gasteiger partial charge in [-0.2, -0.15) is 0 Å². The van der Waals surface area contributed by atoms with E-state index in [9.17, 15) is 9.59 Å². The molecular formula is C17H22O4. The SMILES string of the molecule is C=C(CC(OC(C)=O)c1ccccc1)C(=O)OC(C)(C)C. The largest absolute Gasteiger partial charge is 0.457 e. The molecule has 0 amide bonds. The van der Waals surface area contributed by atoms with E-state index in [1.165, 1.54) is 6.92 Å². The molecule has 0 aliphatic carbocycles. The second-order valence-corrected chi connectivity index (χ2v) is 5.82. The van der Waals surface area contributed by atoms with E-state index in [1.807, 2.05) is 30.3 Å². The molecule has 0 bridgehead atoms. The number of carbonyl (C=O) groups excluding carboxylic acids is 2. The molecule has 21 heavy (non-hydrogen) atoms. The predicted molar refractivity (Wildman–Crippen MR) is 80.6 cm³/mol. The van der Waals surface area contributed by atoms with E-state index in [-0.39, 0.29) is 12.0 Å². The summed E-state index contributed by atoms with van der Waals surface area (Å²) in [7, 11) is 0. The van der Waals surface area contributed by atoms with Crippen LogP contribution in [0.25, 0.3) is 0 Å². The molecular weight excluding hydrogens is 268 g/mol. The van der Waals surface area contributed by atoms with E-state index in [4.69, 9.17) is 9.47 Å². The summed E-state index contributed by atoms with van der Waals surface area (Å²) in [5.74, 6) is -0.878. The van der Waals surface area contributed by atoms with Crippen LogP contribution in [0.3, 0.4) is 0 Å². The van der Waals surface area contributed by atoms with Gasteiger partial charge in [0.1, 0.15) is 11.7 Å². The van der Waals surface area contributed by atoms with Crippen LogP contribution in [0, 0.1) is 0 Å². The maximum atomic E-state index is 11.9. The fourth-order valence-corrected chi connectivity index (χ4v) is 1.75. The van der Waals surface area contributed by atoms with Crippen molar-refractivity contribution in [3.05, 3.63) is 48.0 Å². The van der Waals surface area contributed by atoms with Crippen LogP contribution >= 0.6 is 0 Å². The average molecular weight is 290 g/mol. The zero-order valence-electron chi connectivity index (χ0n) is 13.0. The molecule has 1 aromatic carbocycles. The minimum atomic E-state index is -0.580. The molecule has 4 heteroatoms. The van der Waals surface area contributed by atoms with Crippen LogP contribution in [0.15, 0.2) is 42.5 Å². The van der Waals surface area contributed by atoms with Crippen molar-refractivity contribution in [2.24, 2.45) is 0 Å². The van der Waals surface area contributed by atoms with Crippen LogP contribution in [-0.4, -0.2) is 17.5 Å². The van der Waals surface area contributed by atoms with E-state index < -0.39 is 23.6 Å². The standard InChI is InChI=1S/C17H22O4/c1-12(16(19)21-17(3,4)5)11-15(20-13(2)18)14-9-7-6-8-10-14/h6-10,15H,1,11H2,2-5H3. The van der Waals surface area contributed by atoms with Gasteiger partial charge < -0.3 is 9.47 Å². The van der Waals surface area contributed by atoms with Gasteiger partial charge in [-0.05, 0) is 26.3 Å². The van der Waals surface area contributed by atoms with Crippen molar-refractivity contribution in [3.63, 3.8) is 0 Å². The van der Waals surface area contributed by atoms with Gasteiger partial charge in [-0.15, -0.1) is 0 Å². The number of esters is 2. The van der Waals surface area contributed by atoms with Crippen molar-refractivity contribution in [3.8, 4) is 0 Å². The van der Waals surface area contributed by atoms with E-state index >= 15 is 0 Å². The maximum absolute atomic E-state index is 11.9. The molecule has 0 aliphatic rings. The molecule has 4 nitrogen and oxygen atoms in total. The molecule has 0 heterocycles. The van der Waals surface area contributed by atoms with Crippen LogP contribution in [0.1, 0.15) is 45.8 Å². The normalized spacial score (nSPS) is 12.4. The summed E-state index contributed by atoms with van der Waals surface area (Å²) in [4.78, 5) is 23.2. The van der Waals surface area contributed by atoms with Crippen molar-refractivity contribution in [2.45, 2.75) is 45.8 Å². The molecule has 0 spiro atoms. The van der Waals surface area contributed by atoms with Gasteiger partial charge in [-0.25, -0.2) is 4.79 Å². The summed E-state index contributed by atoms with van der Waals surface area (Å²) in [6.07, 6.45) is -0.331. The molecule has 114 valence electrons. The molecule has 1 rings (SSSR count). The lowest BCUT2D eigenvalue weighted by molar-refractivity contribution is -0.152. The number of rotatable bonds is 5. The molecule has 0 fully saturated rings. The quantitative estimate of drug-likeness (QED) is 0.614. The van der Waals surface area contributed by atoms with Gasteiger partial charge in [0.05, 0.1) is 0 Å². The van der Waals surface area contributed by atoms with Crippen molar-refractivity contribution >= 4 is 11.9 Å². The first-order valence-corrected chi connectivity index (χ1v) is 6.82. The molecule has 1 aromatic rings. The topological polar surface area (TPSA) is 52.6 Å². The highest BCUT2D eigenvalue weighted by Crippen LogP contribution is 2.26. The second-order valence-electron chi connectivity index (χ2n) is 5.82. The number of hydrogen-bond donors (Lipinski definition) is 0. The Kier molecular flexibility index (Phi) is 5.70. The third-order valence-electron chi connectivity index (χ3n) is 2.60. The van der Waals surface area contributed by atoms with Gasteiger partial charge >= 0.3 is 11.9 Å². The van der Waals surface area contributed by atoms with Crippen molar-refractivity contribution in [1.82, 2.24) is 0 Å². The minimum Gasteiger partial charge on any atom is -0.457 e. The monoisotopic (exact) mass is 290 g/mol. The lowest BCUT2D eigenvalue weighted by atomic mass is 10.0. The number of benzene rings is 1. The first-order chi connectivity index (χ1) is 9.69. The number of carbonyl (C=O) groups is 2. The molecule has 0 saturated carbocycles. The smallest absolute Gasteiger partial charge is 0.334 e. The highest BCUT2D eigenvalue weighted by atomic mass is 16.6. The second kappa shape index (κ2) is 7.07. The Balaban J connectivity index is 2.80. The lowest BCUT2D eigenvalue weighted by Crippen LogP contribution is -2.25. The Bertz CT molecular complexity index is 511. The van der Waals surface area contributed by atoms with Gasteiger partial charge in [0.2, 0.25) is 0 Å². The summed E-state index contributed by atoms with van der Waals surface area (Å²) in [5.41, 5.74) is 0.515. The highest BCUT2D eigenvalue weighted by Gasteiger charge is 2.23. The van der Waals surface area contributed by atoms with E-state index in [0.29, 0.717) is 0 Å². The minimum absolute atomic E-state index is 0.207. The Morgan fingerprint density at radius 1 is 1.19 bits per heavy atom. The highest BCUT2D eigenvalue weighted by molar-refractivity contribution is 5.88. The third-order valence-corrected chi connectivity index (χ3v) is 2.60. The van der Waals surface area contributed by atoms with Crippen LogP contribution in [0.4, 0.5) is 0 Å². The molecule has 1 atom stereocenters. The fraction of sp³-hybridized carbons (Fsp3) is 0.412. The predicted octanol–water partition coefficient (Wildman–Crippen LogP) is 3.58. The molecule has 0 aliphatic heterocycles. The zero-order valence-corrected chi connectivity index (χ0v) is 13.0. The zero-order chi connectivity index (χ0) is 16.0. The van der Waals surface area contributed by atoms with Crippen molar-refractivity contribution in [1.29, 1.82) is 0 Å². The average Bonchev–Trinajstić information content (AvgIpc) is 2.36. The molecule has 0 aromatic heterocycles. The van der Waals surface area contributed by atoms with Gasteiger partial charge in [-0.3, -0.25) is 4.79 Å². The summed E-state index contributed by atoms with van der Waals surface area (Å²) in [5, 5.41) is 0. The molecule has 1 unspecified atom stereocenters. The van der Waals surface area contributed by atoms with Gasteiger partial charge in [-0.1, -0.05) is 36.9 Å². The summed E-state index contributed by atoms with van der Waals surface area (Å²) in [6.45, 7) is 10.5. The Morgan fingerprint density at radius 3 is 2.24 bits per heavy atom. The fourth-order valence-electron chi connectivity index (χ4n) is 1.75. The van der Waals surface area contributed by atoms with Gasteiger partial charge in [0.15, 0.2) is 0 Å². The molecule has 0 radical (unpaired) electrons.